The zero-order valence-corrected chi connectivity index (χ0v) is 21.9. The Morgan fingerprint density at radius 2 is 1.31 bits per heavy atom. The van der Waals surface area contributed by atoms with Crippen LogP contribution in [0.2, 0.25) is 0 Å². The van der Waals surface area contributed by atoms with E-state index in [0.29, 0.717) is 5.56 Å². The minimum atomic E-state index is -1.63. The lowest BCUT2D eigenvalue weighted by molar-refractivity contribution is -0.127. The molecule has 4 atom stereocenters. The van der Waals surface area contributed by atoms with Gasteiger partial charge in [0.25, 0.3) is 0 Å². The Morgan fingerprint density at radius 1 is 0.821 bits per heavy atom. The Morgan fingerprint density at radius 3 is 1.77 bits per heavy atom. The summed E-state index contributed by atoms with van der Waals surface area (Å²) in [7, 11) is 0. The normalized spacial score (nSPS) is 27.2. The molecule has 0 unspecified atom stereocenters. The Kier molecular flexibility index (Phi) is 5.78. The predicted molar refractivity (Wildman–Crippen MR) is 147 cm³/mol. The summed E-state index contributed by atoms with van der Waals surface area (Å²) in [6, 6.07) is 29.9. The molecular formula is C31H32N4O4. The number of ether oxygens (including phenoxy) is 2. The molecule has 1 aliphatic heterocycles. The van der Waals surface area contributed by atoms with E-state index in [9.17, 15) is 10.2 Å². The quantitative estimate of drug-likeness (QED) is 0.269. The van der Waals surface area contributed by atoms with Crippen molar-refractivity contribution >= 4 is 11.8 Å². The second kappa shape index (κ2) is 8.86. The van der Waals surface area contributed by atoms with Gasteiger partial charge in [0.1, 0.15) is 34.8 Å². The van der Waals surface area contributed by atoms with Crippen molar-refractivity contribution in [3.05, 3.63) is 119 Å². The van der Waals surface area contributed by atoms with Crippen LogP contribution >= 0.6 is 0 Å². The highest BCUT2D eigenvalue weighted by Crippen LogP contribution is 2.76. The van der Waals surface area contributed by atoms with Crippen molar-refractivity contribution < 1.29 is 19.7 Å². The highest BCUT2D eigenvalue weighted by molar-refractivity contribution is 5.52. The number of anilines is 2. The molecule has 0 radical (unpaired) electrons. The van der Waals surface area contributed by atoms with Crippen LogP contribution in [0.4, 0.5) is 11.8 Å². The topological polar surface area (TPSA) is 137 Å². The number of rotatable bonds is 7. The van der Waals surface area contributed by atoms with Crippen LogP contribution in [0.5, 0.6) is 0 Å². The first kappa shape index (κ1) is 25.5. The molecule has 1 aromatic heterocycles. The van der Waals surface area contributed by atoms with Crippen molar-refractivity contribution in [2.75, 3.05) is 18.1 Å². The Bertz CT molecular complexity index is 1390. The van der Waals surface area contributed by atoms with Gasteiger partial charge in [-0.2, -0.15) is 4.98 Å². The molecule has 3 aromatic carbocycles. The van der Waals surface area contributed by atoms with Gasteiger partial charge in [0.15, 0.2) is 0 Å². The van der Waals surface area contributed by atoms with Crippen LogP contribution in [0.15, 0.2) is 97.2 Å². The SMILES string of the molecule is CC1(C)[C@]2(O)[C@H](c3cnc(N)nc3N)O[C@H](COC(c3ccccc3)(c3ccccc3)c3ccccc3)[C@]12O. The van der Waals surface area contributed by atoms with Gasteiger partial charge >= 0.3 is 0 Å². The third-order valence-electron chi connectivity index (χ3n) is 8.71. The van der Waals surface area contributed by atoms with Gasteiger partial charge < -0.3 is 31.2 Å². The molecule has 2 aliphatic rings. The molecule has 1 aliphatic carbocycles. The first-order chi connectivity index (χ1) is 18.7. The van der Waals surface area contributed by atoms with E-state index >= 15 is 0 Å². The zero-order valence-electron chi connectivity index (χ0n) is 21.9. The predicted octanol–water partition coefficient (Wildman–Crippen LogP) is 3.59. The summed E-state index contributed by atoms with van der Waals surface area (Å²) in [4.78, 5) is 8.09. The average Bonchev–Trinajstić information content (AvgIpc) is 3.16. The number of nitrogen functional groups attached to an aromatic ring is 2. The molecule has 6 N–H and O–H groups in total. The maximum atomic E-state index is 11.9. The molecule has 0 bridgehead atoms. The molecule has 1 saturated heterocycles. The smallest absolute Gasteiger partial charge is 0.221 e. The van der Waals surface area contributed by atoms with Crippen LogP contribution in [0.25, 0.3) is 0 Å². The summed E-state index contributed by atoms with van der Waals surface area (Å²) in [5.41, 5.74) is 9.83. The molecule has 1 saturated carbocycles. The average molecular weight is 525 g/mol. The maximum absolute atomic E-state index is 11.9. The number of aromatic nitrogens is 2. The summed E-state index contributed by atoms with van der Waals surface area (Å²) in [6.45, 7) is 3.60. The number of hydrogen-bond donors (Lipinski definition) is 4. The fourth-order valence-corrected chi connectivity index (χ4v) is 6.48. The monoisotopic (exact) mass is 524 g/mol. The number of fused-ring (bicyclic) bond motifs is 1. The van der Waals surface area contributed by atoms with E-state index in [1.807, 2.05) is 105 Å². The van der Waals surface area contributed by atoms with Crippen LogP contribution < -0.4 is 11.5 Å². The van der Waals surface area contributed by atoms with Crippen LogP contribution in [0.1, 0.15) is 42.2 Å². The summed E-state index contributed by atoms with van der Waals surface area (Å²) < 4.78 is 13.3. The number of benzene rings is 3. The summed E-state index contributed by atoms with van der Waals surface area (Å²) >= 11 is 0. The number of nitrogens with zero attached hydrogens (tertiary/aromatic N) is 2. The van der Waals surface area contributed by atoms with Gasteiger partial charge in [-0.25, -0.2) is 4.98 Å². The van der Waals surface area contributed by atoms with Crippen molar-refractivity contribution in [3.63, 3.8) is 0 Å². The summed E-state index contributed by atoms with van der Waals surface area (Å²) in [5, 5.41) is 23.8. The first-order valence-electron chi connectivity index (χ1n) is 13.0. The number of nitrogens with two attached hydrogens (primary N) is 2. The van der Waals surface area contributed by atoms with Gasteiger partial charge in [0, 0.05) is 17.2 Å². The Balaban J connectivity index is 1.43. The second-order valence-electron chi connectivity index (χ2n) is 10.8. The molecule has 2 fully saturated rings. The van der Waals surface area contributed by atoms with Crippen LogP contribution in [-0.4, -0.2) is 44.1 Å². The summed E-state index contributed by atoms with van der Waals surface area (Å²) in [5.74, 6) is 0.115. The van der Waals surface area contributed by atoms with E-state index in [0.717, 1.165) is 16.7 Å². The van der Waals surface area contributed by atoms with E-state index < -0.39 is 34.4 Å². The van der Waals surface area contributed by atoms with Gasteiger partial charge in [-0.1, -0.05) is 105 Å². The lowest BCUT2D eigenvalue weighted by atomic mass is 9.80. The van der Waals surface area contributed by atoms with E-state index in [1.165, 1.54) is 6.20 Å². The maximum Gasteiger partial charge on any atom is 0.221 e. The van der Waals surface area contributed by atoms with Gasteiger partial charge in [-0.05, 0) is 16.7 Å². The van der Waals surface area contributed by atoms with Gasteiger partial charge in [-0.15, -0.1) is 0 Å². The van der Waals surface area contributed by atoms with Crippen LogP contribution in [0.3, 0.4) is 0 Å². The van der Waals surface area contributed by atoms with Crippen LogP contribution in [-0.2, 0) is 15.1 Å². The molecule has 8 heteroatoms. The Hall–Kier alpha value is -3.82. The van der Waals surface area contributed by atoms with E-state index in [1.54, 1.807) is 0 Å². The molecule has 39 heavy (non-hydrogen) atoms. The van der Waals surface area contributed by atoms with Crippen molar-refractivity contribution in [2.45, 2.75) is 42.9 Å². The Labute approximate surface area is 227 Å². The minimum absolute atomic E-state index is 0.0183. The van der Waals surface area contributed by atoms with Gasteiger partial charge in [0.2, 0.25) is 5.95 Å². The lowest BCUT2D eigenvalue weighted by Gasteiger charge is -2.38. The van der Waals surface area contributed by atoms with E-state index in [-0.39, 0.29) is 18.4 Å². The lowest BCUT2D eigenvalue weighted by Crippen LogP contribution is -2.42. The van der Waals surface area contributed by atoms with Crippen molar-refractivity contribution in [1.82, 2.24) is 9.97 Å². The third-order valence-corrected chi connectivity index (χ3v) is 8.71. The highest BCUT2D eigenvalue weighted by atomic mass is 16.6. The largest absolute Gasteiger partial charge is 0.383 e. The number of aliphatic hydroxyl groups is 2. The highest BCUT2D eigenvalue weighted by Gasteiger charge is 2.92. The molecule has 200 valence electrons. The first-order valence-corrected chi connectivity index (χ1v) is 13.0. The second-order valence-corrected chi connectivity index (χ2v) is 10.8. The van der Waals surface area contributed by atoms with Crippen LogP contribution in [0, 0.1) is 5.41 Å². The summed E-state index contributed by atoms with van der Waals surface area (Å²) in [6.07, 6.45) is -0.401. The molecule has 2 heterocycles. The third kappa shape index (κ3) is 3.39. The fraction of sp³-hybridized carbons (Fsp3) is 0.290. The van der Waals surface area contributed by atoms with Crippen molar-refractivity contribution in [3.8, 4) is 0 Å². The van der Waals surface area contributed by atoms with E-state index in [4.69, 9.17) is 20.9 Å². The molecule has 0 spiro atoms. The molecular weight excluding hydrogens is 492 g/mol. The fourth-order valence-electron chi connectivity index (χ4n) is 6.48. The minimum Gasteiger partial charge on any atom is -0.383 e. The van der Waals surface area contributed by atoms with Crippen molar-refractivity contribution in [2.24, 2.45) is 5.41 Å². The standard InChI is InChI=1S/C31H32N4O4/c1-28(2)30(36)24(39-25(31(28,30)37)23-18-34-27(33)35-26(23)32)19-38-29(20-12-6-3-7-13-20,21-14-8-4-9-15-21)22-16-10-5-11-17-22/h3-18,24-25,36-37H,19H2,1-2H3,(H4,32,33,34,35)/t24-,25+,30+,31-/m1/s1. The molecule has 4 aromatic rings. The molecule has 6 rings (SSSR count). The molecule has 8 nitrogen and oxygen atoms in total. The zero-order chi connectivity index (χ0) is 27.5. The molecule has 0 amide bonds. The van der Waals surface area contributed by atoms with Gasteiger partial charge in [0.05, 0.1) is 6.61 Å². The number of hydrogen-bond acceptors (Lipinski definition) is 8. The van der Waals surface area contributed by atoms with Crippen molar-refractivity contribution in [1.29, 1.82) is 0 Å². The van der Waals surface area contributed by atoms with E-state index in [2.05, 4.69) is 9.97 Å². The van der Waals surface area contributed by atoms with Gasteiger partial charge in [-0.3, -0.25) is 0 Å².